The van der Waals surface area contributed by atoms with E-state index in [1.54, 1.807) is 0 Å². The summed E-state index contributed by atoms with van der Waals surface area (Å²) in [6, 6.07) is 3.88. The van der Waals surface area contributed by atoms with Crippen LogP contribution in [-0.4, -0.2) is 18.6 Å². The van der Waals surface area contributed by atoms with Crippen LogP contribution in [0.2, 0.25) is 0 Å². The maximum atomic E-state index is 11.6. The molecule has 1 rings (SSSR count). The summed E-state index contributed by atoms with van der Waals surface area (Å²) < 4.78 is 4.98. The summed E-state index contributed by atoms with van der Waals surface area (Å²) in [6.45, 7) is 10.2. The van der Waals surface area contributed by atoms with Gasteiger partial charge in [-0.05, 0) is 45.7 Å². The molecule has 0 aromatic heterocycles. The first-order valence-electron chi connectivity index (χ1n) is 5.96. The molecular formula is C14H21NO2. The predicted octanol–water partition coefficient (Wildman–Crippen LogP) is 2.98. The van der Waals surface area contributed by atoms with Gasteiger partial charge in [0.2, 0.25) is 0 Å². The van der Waals surface area contributed by atoms with Crippen molar-refractivity contribution in [3.8, 4) is 0 Å². The Morgan fingerprint density at radius 3 is 2.29 bits per heavy atom. The highest BCUT2D eigenvalue weighted by atomic mass is 16.5. The second-order valence-corrected chi connectivity index (χ2v) is 4.39. The first-order chi connectivity index (χ1) is 7.95. The molecule has 94 valence electrons. The minimum Gasteiger partial charge on any atom is -0.464 e. The lowest BCUT2D eigenvalue weighted by Gasteiger charge is -2.18. The van der Waals surface area contributed by atoms with Gasteiger partial charge in [-0.3, -0.25) is 0 Å². The van der Waals surface area contributed by atoms with Gasteiger partial charge in [-0.2, -0.15) is 0 Å². The number of esters is 1. The van der Waals surface area contributed by atoms with Crippen LogP contribution < -0.4 is 5.32 Å². The van der Waals surface area contributed by atoms with Crippen LogP contribution in [0.25, 0.3) is 0 Å². The van der Waals surface area contributed by atoms with Gasteiger partial charge in [-0.1, -0.05) is 17.7 Å². The molecule has 1 aromatic carbocycles. The average Bonchev–Trinajstić information content (AvgIpc) is 2.23. The third kappa shape index (κ3) is 3.48. The van der Waals surface area contributed by atoms with E-state index in [1.165, 1.54) is 5.56 Å². The minimum atomic E-state index is -0.324. The van der Waals surface area contributed by atoms with Crippen molar-refractivity contribution in [2.75, 3.05) is 11.9 Å². The predicted molar refractivity (Wildman–Crippen MR) is 70.4 cm³/mol. The van der Waals surface area contributed by atoms with Crippen LogP contribution in [0.4, 0.5) is 5.69 Å². The van der Waals surface area contributed by atoms with Crippen molar-refractivity contribution in [1.29, 1.82) is 0 Å². The van der Waals surface area contributed by atoms with Crippen molar-refractivity contribution >= 4 is 11.7 Å². The molecule has 0 aliphatic carbocycles. The van der Waals surface area contributed by atoms with Crippen molar-refractivity contribution in [2.24, 2.45) is 0 Å². The number of rotatable bonds is 4. The van der Waals surface area contributed by atoms with Crippen molar-refractivity contribution in [3.05, 3.63) is 28.8 Å². The van der Waals surface area contributed by atoms with E-state index in [-0.39, 0.29) is 12.0 Å². The Kier molecular flexibility index (Phi) is 4.55. The molecule has 0 aliphatic heterocycles. The van der Waals surface area contributed by atoms with E-state index in [0.717, 1.165) is 16.8 Å². The molecule has 17 heavy (non-hydrogen) atoms. The van der Waals surface area contributed by atoms with Crippen molar-refractivity contribution in [2.45, 2.75) is 40.7 Å². The van der Waals surface area contributed by atoms with Crippen LogP contribution >= 0.6 is 0 Å². The SMILES string of the molecule is CCOC(=O)[C@H](C)Nc1c(C)cc(C)cc1C. The molecule has 1 N–H and O–H groups in total. The number of nitrogens with one attached hydrogen (secondary N) is 1. The van der Waals surface area contributed by atoms with Gasteiger partial charge in [0.1, 0.15) is 6.04 Å². The first kappa shape index (κ1) is 13.6. The summed E-state index contributed by atoms with van der Waals surface area (Å²) in [5.41, 5.74) is 4.56. The van der Waals surface area contributed by atoms with Gasteiger partial charge in [-0.25, -0.2) is 4.79 Å². The number of aryl methyl sites for hydroxylation is 3. The summed E-state index contributed by atoms with van der Waals surface area (Å²) in [6.07, 6.45) is 0. The fourth-order valence-electron chi connectivity index (χ4n) is 1.95. The normalized spacial score (nSPS) is 12.1. The van der Waals surface area contributed by atoms with Crippen LogP contribution in [0.1, 0.15) is 30.5 Å². The Balaban J connectivity index is 2.85. The third-order valence-corrected chi connectivity index (χ3v) is 2.68. The lowest BCUT2D eigenvalue weighted by atomic mass is 10.0. The zero-order valence-corrected chi connectivity index (χ0v) is 11.3. The van der Waals surface area contributed by atoms with Crippen molar-refractivity contribution < 1.29 is 9.53 Å². The standard InChI is InChI=1S/C14H21NO2/c1-6-17-14(16)12(5)15-13-10(3)7-9(2)8-11(13)4/h7-8,12,15H,6H2,1-5H3/t12-/m0/s1. The van der Waals surface area contributed by atoms with E-state index in [4.69, 9.17) is 4.74 Å². The summed E-state index contributed by atoms with van der Waals surface area (Å²) in [5, 5.41) is 3.22. The Bertz CT molecular complexity index is 390. The highest BCUT2D eigenvalue weighted by molar-refractivity contribution is 5.79. The number of ether oxygens (including phenoxy) is 1. The summed E-state index contributed by atoms with van der Waals surface area (Å²) in [5.74, 6) is -0.216. The molecule has 3 nitrogen and oxygen atoms in total. The quantitative estimate of drug-likeness (QED) is 0.815. The van der Waals surface area contributed by atoms with Gasteiger partial charge in [0.05, 0.1) is 6.61 Å². The van der Waals surface area contributed by atoms with Gasteiger partial charge in [0, 0.05) is 5.69 Å². The molecule has 1 atom stereocenters. The number of hydrogen-bond acceptors (Lipinski definition) is 3. The molecule has 0 bridgehead atoms. The minimum absolute atomic E-state index is 0.216. The first-order valence-corrected chi connectivity index (χ1v) is 5.96. The molecule has 0 heterocycles. The highest BCUT2D eigenvalue weighted by Crippen LogP contribution is 2.22. The van der Waals surface area contributed by atoms with E-state index < -0.39 is 0 Å². The van der Waals surface area contributed by atoms with E-state index in [9.17, 15) is 4.79 Å². The van der Waals surface area contributed by atoms with Gasteiger partial charge in [0.25, 0.3) is 0 Å². The molecule has 0 aliphatic rings. The lowest BCUT2D eigenvalue weighted by molar-refractivity contribution is -0.143. The van der Waals surface area contributed by atoms with Crippen LogP contribution in [0.3, 0.4) is 0 Å². The maximum absolute atomic E-state index is 11.6. The molecule has 0 amide bonds. The Hall–Kier alpha value is -1.51. The monoisotopic (exact) mass is 235 g/mol. The fraction of sp³-hybridized carbons (Fsp3) is 0.500. The van der Waals surface area contributed by atoms with Crippen LogP contribution in [0, 0.1) is 20.8 Å². The Morgan fingerprint density at radius 2 is 1.82 bits per heavy atom. The highest BCUT2D eigenvalue weighted by Gasteiger charge is 2.15. The van der Waals surface area contributed by atoms with Crippen LogP contribution in [0.5, 0.6) is 0 Å². The van der Waals surface area contributed by atoms with Crippen molar-refractivity contribution in [1.82, 2.24) is 0 Å². The summed E-state index contributed by atoms with van der Waals surface area (Å²) in [7, 11) is 0. The third-order valence-electron chi connectivity index (χ3n) is 2.68. The molecule has 0 saturated heterocycles. The van der Waals surface area contributed by atoms with E-state index in [1.807, 2.05) is 27.7 Å². The smallest absolute Gasteiger partial charge is 0.328 e. The molecule has 3 heteroatoms. The zero-order chi connectivity index (χ0) is 13.0. The molecule has 0 unspecified atom stereocenters. The lowest BCUT2D eigenvalue weighted by Crippen LogP contribution is -2.28. The van der Waals surface area contributed by atoms with E-state index in [0.29, 0.717) is 6.61 Å². The van der Waals surface area contributed by atoms with Gasteiger partial charge >= 0.3 is 5.97 Å². The largest absolute Gasteiger partial charge is 0.464 e. The number of anilines is 1. The van der Waals surface area contributed by atoms with Gasteiger partial charge in [-0.15, -0.1) is 0 Å². The summed E-state index contributed by atoms with van der Waals surface area (Å²) in [4.78, 5) is 11.6. The second kappa shape index (κ2) is 5.71. The molecule has 0 radical (unpaired) electrons. The van der Waals surface area contributed by atoms with Crippen LogP contribution in [0.15, 0.2) is 12.1 Å². The number of carbonyl (C=O) groups excluding carboxylic acids is 1. The fourth-order valence-corrected chi connectivity index (χ4v) is 1.95. The Labute approximate surface area is 103 Å². The molecule has 0 saturated carbocycles. The number of benzene rings is 1. The molecule has 0 spiro atoms. The van der Waals surface area contributed by atoms with Crippen molar-refractivity contribution in [3.63, 3.8) is 0 Å². The molecular weight excluding hydrogens is 214 g/mol. The van der Waals surface area contributed by atoms with Gasteiger partial charge in [0.15, 0.2) is 0 Å². The van der Waals surface area contributed by atoms with Gasteiger partial charge < -0.3 is 10.1 Å². The van der Waals surface area contributed by atoms with Crippen LogP contribution in [-0.2, 0) is 9.53 Å². The zero-order valence-electron chi connectivity index (χ0n) is 11.3. The molecule has 0 fully saturated rings. The van der Waals surface area contributed by atoms with E-state index >= 15 is 0 Å². The molecule has 1 aromatic rings. The summed E-state index contributed by atoms with van der Waals surface area (Å²) >= 11 is 0. The number of carbonyl (C=O) groups is 1. The maximum Gasteiger partial charge on any atom is 0.328 e. The Morgan fingerprint density at radius 1 is 1.29 bits per heavy atom. The van der Waals surface area contributed by atoms with E-state index in [2.05, 4.69) is 24.4 Å². The average molecular weight is 235 g/mol. The second-order valence-electron chi connectivity index (χ2n) is 4.39. The topological polar surface area (TPSA) is 38.3 Å². The number of hydrogen-bond donors (Lipinski definition) is 1.